The van der Waals surface area contributed by atoms with Gasteiger partial charge in [-0.05, 0) is 24.3 Å². The van der Waals surface area contributed by atoms with Gasteiger partial charge in [0.2, 0.25) is 5.75 Å². The second-order valence-corrected chi connectivity index (χ2v) is 4.45. The Labute approximate surface area is 117 Å². The number of nitrogens with zero attached hydrogens (tertiary/aromatic N) is 1. The lowest BCUT2D eigenvalue weighted by molar-refractivity contribution is 0.371. The molecule has 0 saturated heterocycles. The highest BCUT2D eigenvalue weighted by Gasteiger charge is 2.16. The third-order valence-electron chi connectivity index (χ3n) is 3.07. The summed E-state index contributed by atoms with van der Waals surface area (Å²) in [5.74, 6) is -1.79. The molecule has 0 aliphatic heterocycles. The van der Waals surface area contributed by atoms with Crippen LogP contribution < -0.4 is 5.56 Å². The van der Waals surface area contributed by atoms with E-state index in [9.17, 15) is 25.2 Å². The Bertz CT molecular complexity index is 900. The van der Waals surface area contributed by atoms with Crippen molar-refractivity contribution in [1.29, 1.82) is 0 Å². The molecule has 21 heavy (non-hydrogen) atoms. The van der Waals surface area contributed by atoms with Crippen LogP contribution in [0.25, 0.3) is 22.3 Å². The van der Waals surface area contributed by atoms with E-state index in [2.05, 4.69) is 9.97 Å². The van der Waals surface area contributed by atoms with Crippen molar-refractivity contribution in [3.8, 4) is 34.4 Å². The topological polar surface area (TPSA) is 127 Å². The number of aromatic hydroxyl groups is 4. The molecule has 0 aliphatic carbocycles. The van der Waals surface area contributed by atoms with Gasteiger partial charge in [-0.1, -0.05) is 0 Å². The lowest BCUT2D eigenvalue weighted by Crippen LogP contribution is -2.09. The number of nitrogens with one attached hydrogen (secondary N) is 1. The first-order valence-electron chi connectivity index (χ1n) is 5.94. The van der Waals surface area contributed by atoms with Crippen molar-refractivity contribution in [3.63, 3.8) is 0 Å². The third kappa shape index (κ3) is 2.00. The molecular formula is C14H10N2O5. The van der Waals surface area contributed by atoms with Crippen LogP contribution >= 0.6 is 0 Å². The van der Waals surface area contributed by atoms with Crippen LogP contribution in [0.1, 0.15) is 0 Å². The summed E-state index contributed by atoms with van der Waals surface area (Å²) < 4.78 is 0. The molecule has 3 aromatic rings. The fourth-order valence-corrected chi connectivity index (χ4v) is 2.02. The van der Waals surface area contributed by atoms with Crippen molar-refractivity contribution in [2.24, 2.45) is 0 Å². The summed E-state index contributed by atoms with van der Waals surface area (Å²) in [5.41, 5.74) is -0.0793. The van der Waals surface area contributed by atoms with E-state index in [1.54, 1.807) is 12.1 Å². The number of hydrogen-bond acceptors (Lipinski definition) is 6. The zero-order chi connectivity index (χ0) is 15.1. The van der Waals surface area contributed by atoms with E-state index in [1.807, 2.05) is 0 Å². The summed E-state index contributed by atoms with van der Waals surface area (Å²) in [6.45, 7) is 0. The maximum Gasteiger partial charge on any atom is 0.262 e. The quantitative estimate of drug-likeness (QED) is 0.430. The van der Waals surface area contributed by atoms with Crippen molar-refractivity contribution >= 4 is 10.9 Å². The van der Waals surface area contributed by atoms with Gasteiger partial charge in [-0.3, -0.25) is 4.79 Å². The molecule has 0 spiro atoms. The maximum atomic E-state index is 12.0. The summed E-state index contributed by atoms with van der Waals surface area (Å²) in [6.07, 6.45) is 0. The molecule has 2 aromatic carbocycles. The van der Waals surface area contributed by atoms with Gasteiger partial charge in [0.15, 0.2) is 11.5 Å². The van der Waals surface area contributed by atoms with Crippen LogP contribution in [0.5, 0.6) is 23.0 Å². The smallest absolute Gasteiger partial charge is 0.262 e. The molecular weight excluding hydrogens is 276 g/mol. The number of hydrogen-bond donors (Lipinski definition) is 5. The molecule has 0 atom stereocenters. The Morgan fingerprint density at radius 2 is 1.62 bits per heavy atom. The van der Waals surface area contributed by atoms with Gasteiger partial charge in [0.1, 0.15) is 17.0 Å². The van der Waals surface area contributed by atoms with E-state index < -0.39 is 22.8 Å². The Balaban J connectivity index is 2.31. The molecule has 0 saturated carbocycles. The molecule has 0 unspecified atom stereocenters. The summed E-state index contributed by atoms with van der Waals surface area (Å²) in [7, 11) is 0. The number of fused-ring (bicyclic) bond motifs is 1. The second kappa shape index (κ2) is 4.41. The Morgan fingerprint density at radius 1 is 0.952 bits per heavy atom. The number of benzene rings is 2. The van der Waals surface area contributed by atoms with Gasteiger partial charge in [0.05, 0.1) is 5.52 Å². The minimum atomic E-state index is -0.771. The van der Waals surface area contributed by atoms with Crippen molar-refractivity contribution in [3.05, 3.63) is 40.7 Å². The zero-order valence-electron chi connectivity index (χ0n) is 10.5. The predicted octanol–water partition coefficient (Wildman–Crippen LogP) is 1.41. The standard InChI is InChI=1S/C14H10N2O5/c17-7-3-1-6(2-4-7)13-15-8-5-9(18)11(19)12(20)10(8)14(21)16-13/h1-5,17-20H,(H,15,16,21). The van der Waals surface area contributed by atoms with E-state index >= 15 is 0 Å². The molecule has 0 aliphatic rings. The largest absolute Gasteiger partial charge is 0.508 e. The highest BCUT2D eigenvalue weighted by molar-refractivity contribution is 5.89. The molecule has 0 fully saturated rings. The highest BCUT2D eigenvalue weighted by atomic mass is 16.3. The minimum absolute atomic E-state index is 0.0367. The molecule has 7 nitrogen and oxygen atoms in total. The third-order valence-corrected chi connectivity index (χ3v) is 3.07. The molecule has 7 heteroatoms. The lowest BCUT2D eigenvalue weighted by Gasteiger charge is -2.07. The van der Waals surface area contributed by atoms with Gasteiger partial charge in [-0.25, -0.2) is 4.98 Å². The van der Waals surface area contributed by atoms with Crippen LogP contribution in [0, 0.1) is 0 Å². The van der Waals surface area contributed by atoms with E-state index in [1.165, 1.54) is 12.1 Å². The van der Waals surface area contributed by atoms with Crippen LogP contribution in [0.4, 0.5) is 0 Å². The number of phenols is 4. The van der Waals surface area contributed by atoms with Crippen molar-refractivity contribution in [1.82, 2.24) is 9.97 Å². The summed E-state index contributed by atoms with van der Waals surface area (Å²) >= 11 is 0. The zero-order valence-corrected chi connectivity index (χ0v) is 10.5. The molecule has 0 radical (unpaired) electrons. The number of aromatic amines is 1. The van der Waals surface area contributed by atoms with Crippen LogP contribution in [-0.4, -0.2) is 30.4 Å². The number of phenolic OH excluding ortho intramolecular Hbond substituents is 4. The van der Waals surface area contributed by atoms with Crippen LogP contribution in [-0.2, 0) is 0 Å². The minimum Gasteiger partial charge on any atom is -0.508 e. The van der Waals surface area contributed by atoms with Gasteiger partial charge >= 0.3 is 0 Å². The second-order valence-electron chi connectivity index (χ2n) is 4.45. The average molecular weight is 286 g/mol. The van der Waals surface area contributed by atoms with Crippen molar-refractivity contribution in [2.45, 2.75) is 0 Å². The van der Waals surface area contributed by atoms with Crippen molar-refractivity contribution in [2.75, 3.05) is 0 Å². The Kier molecular flexibility index (Phi) is 2.69. The summed E-state index contributed by atoms with van der Waals surface area (Å²) in [4.78, 5) is 18.6. The van der Waals surface area contributed by atoms with Gasteiger partial charge in [0, 0.05) is 11.6 Å². The highest BCUT2D eigenvalue weighted by Crippen LogP contribution is 2.39. The first-order chi connectivity index (χ1) is 9.97. The first kappa shape index (κ1) is 12.8. The predicted molar refractivity (Wildman–Crippen MR) is 74.5 cm³/mol. The SMILES string of the molecule is O=c1[nH]c(-c2ccc(O)cc2)nc2cc(O)c(O)c(O)c12. The van der Waals surface area contributed by atoms with E-state index in [4.69, 9.17) is 0 Å². The van der Waals surface area contributed by atoms with Gasteiger partial charge in [-0.15, -0.1) is 0 Å². The maximum absolute atomic E-state index is 12.0. The molecule has 5 N–H and O–H groups in total. The van der Waals surface area contributed by atoms with Crippen molar-refractivity contribution < 1.29 is 20.4 Å². The summed E-state index contributed by atoms with van der Waals surface area (Å²) in [6, 6.07) is 7.07. The van der Waals surface area contributed by atoms with Gasteiger partial charge < -0.3 is 25.4 Å². The Morgan fingerprint density at radius 3 is 2.29 bits per heavy atom. The van der Waals surface area contributed by atoms with E-state index in [0.717, 1.165) is 6.07 Å². The molecule has 3 rings (SSSR count). The average Bonchev–Trinajstić information content (AvgIpc) is 2.45. The van der Waals surface area contributed by atoms with E-state index in [-0.39, 0.29) is 22.5 Å². The Hall–Kier alpha value is -3.22. The summed E-state index contributed by atoms with van der Waals surface area (Å²) in [5, 5.41) is 37.7. The van der Waals surface area contributed by atoms with Crippen LogP contribution in [0.2, 0.25) is 0 Å². The fraction of sp³-hybridized carbons (Fsp3) is 0. The molecule has 0 amide bonds. The molecule has 1 aromatic heterocycles. The number of rotatable bonds is 1. The normalized spacial score (nSPS) is 10.9. The molecule has 1 heterocycles. The van der Waals surface area contributed by atoms with Crippen LogP contribution in [0.3, 0.4) is 0 Å². The van der Waals surface area contributed by atoms with Crippen LogP contribution in [0.15, 0.2) is 35.1 Å². The number of H-pyrrole nitrogens is 1. The molecule has 106 valence electrons. The first-order valence-corrected chi connectivity index (χ1v) is 5.94. The van der Waals surface area contributed by atoms with Gasteiger partial charge in [-0.2, -0.15) is 0 Å². The number of aromatic nitrogens is 2. The lowest BCUT2D eigenvalue weighted by atomic mass is 10.1. The van der Waals surface area contributed by atoms with Gasteiger partial charge in [0.25, 0.3) is 5.56 Å². The molecule has 0 bridgehead atoms. The van der Waals surface area contributed by atoms with E-state index in [0.29, 0.717) is 5.56 Å². The monoisotopic (exact) mass is 286 g/mol. The fourth-order valence-electron chi connectivity index (χ4n) is 2.02.